The van der Waals surface area contributed by atoms with E-state index < -0.39 is 4.92 Å². The second-order valence-electron chi connectivity index (χ2n) is 6.65. The zero-order valence-electron chi connectivity index (χ0n) is 15.3. The molecule has 0 spiro atoms. The summed E-state index contributed by atoms with van der Waals surface area (Å²) in [6.45, 7) is 2.56. The summed E-state index contributed by atoms with van der Waals surface area (Å²) < 4.78 is 5.26. The van der Waals surface area contributed by atoms with Gasteiger partial charge < -0.3 is 10.1 Å². The third-order valence-electron chi connectivity index (χ3n) is 4.81. The summed E-state index contributed by atoms with van der Waals surface area (Å²) in [5.41, 5.74) is 1.14. The first kappa shape index (κ1) is 18.8. The number of ether oxygens (including phenoxy) is 1. The maximum absolute atomic E-state index is 12.4. The summed E-state index contributed by atoms with van der Waals surface area (Å²) in [6, 6.07) is 14.1. The van der Waals surface area contributed by atoms with Crippen molar-refractivity contribution in [2.24, 2.45) is 0 Å². The van der Waals surface area contributed by atoms with Gasteiger partial charge in [0.15, 0.2) is 0 Å². The van der Waals surface area contributed by atoms with Gasteiger partial charge in [-0.3, -0.25) is 19.8 Å². The molecule has 0 saturated carbocycles. The van der Waals surface area contributed by atoms with Crippen molar-refractivity contribution in [3.05, 3.63) is 69.8 Å². The van der Waals surface area contributed by atoms with E-state index in [1.807, 2.05) is 18.2 Å². The molecule has 0 aliphatic carbocycles. The van der Waals surface area contributed by atoms with E-state index >= 15 is 0 Å². The molecule has 2 aromatic carbocycles. The van der Waals surface area contributed by atoms with Crippen LogP contribution in [0.15, 0.2) is 48.5 Å². The molecule has 0 atom stereocenters. The van der Waals surface area contributed by atoms with Gasteiger partial charge in [-0.25, -0.2) is 0 Å². The fraction of sp³-hybridized carbons (Fsp3) is 0.350. The molecule has 1 aliphatic heterocycles. The lowest BCUT2D eigenvalue weighted by atomic mass is 10.0. The Labute approximate surface area is 158 Å². The molecular formula is C20H23N3O4. The van der Waals surface area contributed by atoms with Gasteiger partial charge >= 0.3 is 0 Å². The minimum atomic E-state index is -0.522. The Morgan fingerprint density at radius 1 is 1.22 bits per heavy atom. The topological polar surface area (TPSA) is 84.7 Å². The Morgan fingerprint density at radius 2 is 1.96 bits per heavy atom. The van der Waals surface area contributed by atoms with Crippen molar-refractivity contribution in [2.45, 2.75) is 25.4 Å². The van der Waals surface area contributed by atoms with Gasteiger partial charge in [-0.05, 0) is 36.6 Å². The number of nitrogens with one attached hydrogen (secondary N) is 1. The summed E-state index contributed by atoms with van der Waals surface area (Å²) in [5.74, 6) is 0.465. The lowest BCUT2D eigenvalue weighted by molar-refractivity contribution is -0.385. The minimum absolute atomic E-state index is 0.0267. The number of piperidine rings is 1. The van der Waals surface area contributed by atoms with Crippen molar-refractivity contribution in [1.29, 1.82) is 0 Å². The molecular weight excluding hydrogens is 346 g/mol. The van der Waals surface area contributed by atoms with Crippen LogP contribution >= 0.6 is 0 Å². The Hall–Kier alpha value is -2.93. The van der Waals surface area contributed by atoms with Crippen LogP contribution < -0.4 is 10.1 Å². The summed E-state index contributed by atoms with van der Waals surface area (Å²) in [5, 5.41) is 14.0. The number of nitro groups is 1. The minimum Gasteiger partial charge on any atom is -0.497 e. The molecule has 1 amide bonds. The van der Waals surface area contributed by atoms with Crippen LogP contribution in [0.25, 0.3) is 0 Å². The smallest absolute Gasteiger partial charge is 0.282 e. The Balaban J connectivity index is 1.54. The zero-order chi connectivity index (χ0) is 19.2. The summed E-state index contributed by atoms with van der Waals surface area (Å²) in [4.78, 5) is 25.3. The predicted molar refractivity (Wildman–Crippen MR) is 102 cm³/mol. The van der Waals surface area contributed by atoms with Gasteiger partial charge in [-0.2, -0.15) is 0 Å². The molecule has 7 heteroatoms. The number of methoxy groups -OCH3 is 1. The highest BCUT2D eigenvalue weighted by atomic mass is 16.6. The van der Waals surface area contributed by atoms with Crippen molar-refractivity contribution in [1.82, 2.24) is 10.2 Å². The molecule has 7 nitrogen and oxygen atoms in total. The maximum atomic E-state index is 12.4. The van der Waals surface area contributed by atoms with E-state index in [-0.39, 0.29) is 23.2 Å². The number of hydrogen-bond donors (Lipinski definition) is 1. The van der Waals surface area contributed by atoms with Crippen molar-refractivity contribution in [2.75, 3.05) is 20.2 Å². The van der Waals surface area contributed by atoms with Crippen LogP contribution in [0.2, 0.25) is 0 Å². The van der Waals surface area contributed by atoms with Gasteiger partial charge in [0, 0.05) is 31.7 Å². The number of carbonyl (C=O) groups is 1. The summed E-state index contributed by atoms with van der Waals surface area (Å²) >= 11 is 0. The molecule has 1 fully saturated rings. The number of hydrogen-bond acceptors (Lipinski definition) is 5. The van der Waals surface area contributed by atoms with E-state index in [1.165, 1.54) is 17.7 Å². The molecule has 0 radical (unpaired) electrons. The van der Waals surface area contributed by atoms with Crippen molar-refractivity contribution >= 4 is 11.6 Å². The molecule has 1 aliphatic rings. The Morgan fingerprint density at radius 3 is 2.67 bits per heavy atom. The van der Waals surface area contributed by atoms with E-state index in [9.17, 15) is 14.9 Å². The fourth-order valence-electron chi connectivity index (χ4n) is 3.35. The normalized spacial score (nSPS) is 15.3. The van der Waals surface area contributed by atoms with Crippen LogP contribution in [0.3, 0.4) is 0 Å². The van der Waals surface area contributed by atoms with Crippen molar-refractivity contribution in [3.63, 3.8) is 0 Å². The lowest BCUT2D eigenvalue weighted by Gasteiger charge is -2.32. The van der Waals surface area contributed by atoms with E-state index in [2.05, 4.69) is 16.3 Å². The average Bonchev–Trinajstić information content (AvgIpc) is 2.69. The van der Waals surface area contributed by atoms with E-state index in [0.717, 1.165) is 38.2 Å². The first-order valence-corrected chi connectivity index (χ1v) is 8.96. The molecule has 1 heterocycles. The van der Waals surface area contributed by atoms with Gasteiger partial charge in [0.05, 0.1) is 12.0 Å². The maximum Gasteiger partial charge on any atom is 0.282 e. The van der Waals surface area contributed by atoms with Crippen molar-refractivity contribution in [3.8, 4) is 5.75 Å². The van der Waals surface area contributed by atoms with E-state index in [0.29, 0.717) is 0 Å². The highest BCUT2D eigenvalue weighted by Crippen LogP contribution is 2.20. The number of amides is 1. The molecule has 0 aromatic heterocycles. The van der Waals surface area contributed by atoms with Crippen LogP contribution in [-0.2, 0) is 6.54 Å². The molecule has 0 bridgehead atoms. The number of para-hydroxylation sites is 1. The first-order chi connectivity index (χ1) is 13.1. The number of nitro benzene ring substituents is 1. The highest BCUT2D eigenvalue weighted by Gasteiger charge is 2.24. The third kappa shape index (κ3) is 4.83. The van der Waals surface area contributed by atoms with Gasteiger partial charge in [0.25, 0.3) is 11.6 Å². The zero-order valence-corrected chi connectivity index (χ0v) is 15.3. The summed E-state index contributed by atoms with van der Waals surface area (Å²) in [6.07, 6.45) is 1.63. The Bertz CT molecular complexity index is 816. The monoisotopic (exact) mass is 369 g/mol. The van der Waals surface area contributed by atoms with Crippen LogP contribution in [0.4, 0.5) is 5.69 Å². The fourth-order valence-corrected chi connectivity index (χ4v) is 3.35. The predicted octanol–water partition coefficient (Wildman–Crippen LogP) is 3.00. The van der Waals surface area contributed by atoms with Gasteiger partial charge in [-0.1, -0.05) is 24.3 Å². The molecule has 1 saturated heterocycles. The first-order valence-electron chi connectivity index (χ1n) is 8.96. The van der Waals surface area contributed by atoms with Gasteiger partial charge in [0.2, 0.25) is 0 Å². The molecule has 0 unspecified atom stereocenters. The number of nitrogens with zero attached hydrogens (tertiary/aromatic N) is 2. The third-order valence-corrected chi connectivity index (χ3v) is 4.81. The number of likely N-dealkylation sites (tertiary alicyclic amines) is 1. The molecule has 27 heavy (non-hydrogen) atoms. The highest BCUT2D eigenvalue weighted by molar-refractivity contribution is 5.98. The van der Waals surface area contributed by atoms with Gasteiger partial charge in [0.1, 0.15) is 11.3 Å². The van der Waals surface area contributed by atoms with Gasteiger partial charge in [-0.15, -0.1) is 0 Å². The van der Waals surface area contributed by atoms with E-state index in [4.69, 9.17) is 4.74 Å². The van der Waals surface area contributed by atoms with Crippen LogP contribution in [0.1, 0.15) is 28.8 Å². The lowest BCUT2D eigenvalue weighted by Crippen LogP contribution is -2.44. The van der Waals surface area contributed by atoms with Crippen LogP contribution in [-0.4, -0.2) is 42.0 Å². The van der Waals surface area contributed by atoms with Crippen LogP contribution in [0, 0.1) is 10.1 Å². The molecule has 2 aromatic rings. The van der Waals surface area contributed by atoms with E-state index in [1.54, 1.807) is 19.2 Å². The quantitative estimate of drug-likeness (QED) is 0.625. The Kier molecular flexibility index (Phi) is 6.03. The largest absolute Gasteiger partial charge is 0.497 e. The van der Waals surface area contributed by atoms with Crippen LogP contribution in [0.5, 0.6) is 5.75 Å². The SMILES string of the molecule is COc1cccc(CN2CCC(NC(=O)c3ccccc3[N+](=O)[O-])CC2)c1. The number of benzene rings is 2. The standard InChI is InChI=1S/C20H23N3O4/c1-27-17-6-4-5-15(13-17)14-22-11-9-16(10-12-22)21-20(24)18-7-2-3-8-19(18)23(25)26/h2-8,13,16H,9-12,14H2,1H3,(H,21,24). The number of carbonyl (C=O) groups excluding carboxylic acids is 1. The molecule has 1 N–H and O–H groups in total. The second-order valence-corrected chi connectivity index (χ2v) is 6.65. The average molecular weight is 369 g/mol. The van der Waals surface area contributed by atoms with Crippen molar-refractivity contribution < 1.29 is 14.5 Å². The summed E-state index contributed by atoms with van der Waals surface area (Å²) in [7, 11) is 1.66. The number of rotatable bonds is 6. The second kappa shape index (κ2) is 8.64. The molecule has 142 valence electrons. The molecule has 3 rings (SSSR count).